The van der Waals surface area contributed by atoms with Crippen molar-refractivity contribution in [3.05, 3.63) is 87.9 Å². The quantitative estimate of drug-likeness (QED) is 0.280. The number of rotatable bonds is 6. The lowest BCUT2D eigenvalue weighted by molar-refractivity contribution is -0.186. The van der Waals surface area contributed by atoms with E-state index in [0.717, 1.165) is 30.5 Å². The lowest BCUT2D eigenvalue weighted by Crippen LogP contribution is -2.22. The van der Waals surface area contributed by atoms with Gasteiger partial charge in [0, 0.05) is 5.56 Å². The largest absolute Gasteiger partial charge is 0.426 e. The lowest BCUT2D eigenvalue weighted by Gasteiger charge is -2.20. The molecule has 0 radical (unpaired) electrons. The average molecular weight is 445 g/mol. The van der Waals surface area contributed by atoms with Crippen LogP contribution in [0.3, 0.4) is 0 Å². The Morgan fingerprint density at radius 1 is 0.867 bits per heavy atom. The predicted molar refractivity (Wildman–Crippen MR) is 102 cm³/mol. The van der Waals surface area contributed by atoms with E-state index in [9.17, 15) is 26.3 Å². The van der Waals surface area contributed by atoms with E-state index in [4.69, 9.17) is 11.6 Å². The smallest absolute Gasteiger partial charge is 0.426 e. The van der Waals surface area contributed by atoms with Crippen molar-refractivity contribution < 1.29 is 31.1 Å². The first-order valence-corrected chi connectivity index (χ1v) is 9.31. The second-order valence-electron chi connectivity index (χ2n) is 6.56. The highest BCUT2D eigenvalue weighted by molar-refractivity contribution is 6.33. The Morgan fingerprint density at radius 3 is 2.03 bits per heavy atom. The second kappa shape index (κ2) is 8.60. The zero-order valence-electron chi connectivity index (χ0n) is 15.6. The summed E-state index contributed by atoms with van der Waals surface area (Å²) < 4.78 is 88.1. The van der Waals surface area contributed by atoms with Crippen molar-refractivity contribution in [3.63, 3.8) is 0 Å². The summed E-state index contributed by atoms with van der Waals surface area (Å²) >= 11 is 5.87. The van der Waals surface area contributed by atoms with Crippen LogP contribution in [-0.4, -0.2) is 0 Å². The Hall–Kier alpha value is -2.67. The first-order valence-electron chi connectivity index (χ1n) is 8.93. The van der Waals surface area contributed by atoms with E-state index in [1.165, 1.54) is 24.3 Å². The number of ether oxygens (including phenoxy) is 1. The fraction of sp³-hybridized carbons (Fsp3) is 0.182. The van der Waals surface area contributed by atoms with Crippen LogP contribution in [0, 0.1) is 23.3 Å². The predicted octanol–water partition coefficient (Wildman–Crippen LogP) is 7.64. The van der Waals surface area contributed by atoms with Gasteiger partial charge < -0.3 is 4.74 Å². The molecule has 0 amide bonds. The van der Waals surface area contributed by atoms with Gasteiger partial charge in [-0.2, -0.15) is 8.78 Å². The second-order valence-corrected chi connectivity index (χ2v) is 6.94. The molecule has 0 aliphatic rings. The monoisotopic (exact) mass is 444 g/mol. The molecule has 0 heterocycles. The van der Waals surface area contributed by atoms with Crippen molar-refractivity contribution >= 4 is 11.6 Å². The van der Waals surface area contributed by atoms with E-state index in [0.29, 0.717) is 12.1 Å². The Bertz CT molecular complexity index is 1040. The molecule has 0 aliphatic heterocycles. The van der Waals surface area contributed by atoms with Crippen LogP contribution < -0.4 is 4.74 Å². The topological polar surface area (TPSA) is 9.23 Å². The molecular formula is C22H15ClF6O. The van der Waals surface area contributed by atoms with Crippen LogP contribution in [0.5, 0.6) is 5.75 Å². The zero-order chi connectivity index (χ0) is 22.1. The summed E-state index contributed by atoms with van der Waals surface area (Å²) in [4.78, 5) is 0. The maximum Gasteiger partial charge on any atom is 0.426 e. The van der Waals surface area contributed by atoms with Crippen molar-refractivity contribution in [2.45, 2.75) is 25.9 Å². The third-order valence-electron chi connectivity index (χ3n) is 4.41. The minimum absolute atomic E-state index is 0.216. The summed E-state index contributed by atoms with van der Waals surface area (Å²) in [7, 11) is 0. The molecule has 0 fully saturated rings. The fourth-order valence-electron chi connectivity index (χ4n) is 2.90. The zero-order valence-corrected chi connectivity index (χ0v) is 16.3. The van der Waals surface area contributed by atoms with Crippen LogP contribution in [0.2, 0.25) is 5.02 Å². The summed E-state index contributed by atoms with van der Waals surface area (Å²) in [5, 5.41) is -0.702. The van der Waals surface area contributed by atoms with Crippen LogP contribution in [0.1, 0.15) is 24.5 Å². The van der Waals surface area contributed by atoms with Gasteiger partial charge in [-0.25, -0.2) is 17.6 Å². The maximum absolute atomic E-state index is 14.6. The van der Waals surface area contributed by atoms with Crippen molar-refractivity contribution in [3.8, 4) is 16.9 Å². The first-order chi connectivity index (χ1) is 14.1. The molecule has 0 atom stereocenters. The summed E-state index contributed by atoms with van der Waals surface area (Å²) in [6.07, 6.45) is -2.28. The minimum atomic E-state index is -3.86. The number of hydrogen-bond donors (Lipinski definition) is 0. The highest BCUT2D eigenvalue weighted by Gasteiger charge is 2.36. The van der Waals surface area contributed by atoms with Gasteiger partial charge in [-0.05, 0) is 53.9 Å². The van der Waals surface area contributed by atoms with Gasteiger partial charge in [0.05, 0.1) is 10.6 Å². The molecule has 0 saturated heterocycles. The van der Waals surface area contributed by atoms with E-state index in [1.54, 1.807) is 0 Å². The van der Waals surface area contributed by atoms with Gasteiger partial charge in [0.15, 0.2) is 29.0 Å². The highest BCUT2D eigenvalue weighted by atomic mass is 35.5. The first kappa shape index (κ1) is 22.0. The summed E-state index contributed by atoms with van der Waals surface area (Å²) in [6.45, 7) is 1.95. The molecule has 0 aliphatic carbocycles. The molecule has 8 heteroatoms. The van der Waals surface area contributed by atoms with Crippen LogP contribution in [0.4, 0.5) is 26.3 Å². The number of aryl methyl sites for hydroxylation is 1. The van der Waals surface area contributed by atoms with Gasteiger partial charge in [-0.3, -0.25) is 0 Å². The molecule has 30 heavy (non-hydrogen) atoms. The van der Waals surface area contributed by atoms with E-state index in [-0.39, 0.29) is 11.1 Å². The molecule has 158 valence electrons. The molecule has 1 nitrogen and oxygen atoms in total. The van der Waals surface area contributed by atoms with Crippen LogP contribution in [-0.2, 0) is 12.5 Å². The van der Waals surface area contributed by atoms with Crippen molar-refractivity contribution in [2.24, 2.45) is 0 Å². The lowest BCUT2D eigenvalue weighted by atomic mass is 10.0. The molecule has 0 spiro atoms. The number of halogens is 7. The SMILES string of the molecule is CCCc1ccc(C(F)(F)Oc2ccc(-c3cc(F)c(F)c(F)c3)c(Cl)c2F)cc1. The molecule has 3 rings (SSSR count). The molecule has 3 aromatic rings. The standard InChI is InChI=1S/C22H15ClF6O/c1-2-3-12-4-6-14(7-5-12)22(28,29)30-18-9-8-15(19(23)21(18)27)13-10-16(24)20(26)17(25)11-13/h4-11H,2-3H2,1H3. The van der Waals surface area contributed by atoms with Gasteiger partial charge in [0.2, 0.25) is 0 Å². The van der Waals surface area contributed by atoms with Crippen molar-refractivity contribution in [1.29, 1.82) is 0 Å². The van der Waals surface area contributed by atoms with Crippen LogP contribution in [0.25, 0.3) is 11.1 Å². The average Bonchev–Trinajstić information content (AvgIpc) is 2.70. The summed E-state index contributed by atoms with van der Waals surface area (Å²) in [5.41, 5.74) is -0.0920. The molecule has 0 bridgehead atoms. The molecule has 0 aromatic heterocycles. The van der Waals surface area contributed by atoms with Gasteiger partial charge in [-0.1, -0.05) is 37.1 Å². The molecule has 0 saturated carbocycles. The van der Waals surface area contributed by atoms with E-state index in [1.807, 2.05) is 6.92 Å². The van der Waals surface area contributed by atoms with Crippen LogP contribution in [0.15, 0.2) is 48.5 Å². The van der Waals surface area contributed by atoms with Crippen molar-refractivity contribution in [2.75, 3.05) is 0 Å². The number of hydrogen-bond acceptors (Lipinski definition) is 1. The third-order valence-corrected chi connectivity index (χ3v) is 4.78. The van der Waals surface area contributed by atoms with Gasteiger partial charge >= 0.3 is 6.11 Å². The van der Waals surface area contributed by atoms with E-state index >= 15 is 0 Å². The summed E-state index contributed by atoms with van der Waals surface area (Å²) in [6, 6.07) is 8.56. The maximum atomic E-state index is 14.6. The van der Waals surface area contributed by atoms with Gasteiger partial charge in [-0.15, -0.1) is 0 Å². The molecule has 0 N–H and O–H groups in total. The number of benzene rings is 3. The van der Waals surface area contributed by atoms with Crippen LogP contribution >= 0.6 is 11.6 Å². The normalized spacial score (nSPS) is 11.6. The Kier molecular flexibility index (Phi) is 6.31. The molecular weight excluding hydrogens is 430 g/mol. The third kappa shape index (κ3) is 4.41. The summed E-state index contributed by atoms with van der Waals surface area (Å²) in [5.74, 6) is -6.89. The highest BCUT2D eigenvalue weighted by Crippen LogP contribution is 2.39. The minimum Gasteiger partial charge on any atom is -0.426 e. The molecule has 3 aromatic carbocycles. The Morgan fingerprint density at radius 2 is 1.47 bits per heavy atom. The number of alkyl halides is 2. The Balaban J connectivity index is 1.91. The molecule has 0 unspecified atom stereocenters. The van der Waals surface area contributed by atoms with E-state index in [2.05, 4.69) is 4.74 Å². The van der Waals surface area contributed by atoms with Gasteiger partial charge in [0.25, 0.3) is 0 Å². The van der Waals surface area contributed by atoms with E-state index < -0.39 is 45.7 Å². The Labute approximate surface area is 173 Å². The van der Waals surface area contributed by atoms with Gasteiger partial charge in [0.1, 0.15) is 0 Å². The van der Waals surface area contributed by atoms with Crippen molar-refractivity contribution in [1.82, 2.24) is 0 Å². The fourth-order valence-corrected chi connectivity index (χ4v) is 3.16.